The fourth-order valence-electron chi connectivity index (χ4n) is 0.867. The molecule has 14 heavy (non-hydrogen) atoms. The first-order chi connectivity index (χ1) is 6.57. The smallest absolute Gasteiger partial charge is 0.235 e. The second-order valence-corrected chi connectivity index (χ2v) is 2.81. The number of rotatable bonds is 2. The van der Waals surface area contributed by atoms with Crippen LogP contribution in [0.15, 0.2) is 11.1 Å². The van der Waals surface area contributed by atoms with Gasteiger partial charge in [0.15, 0.2) is 11.6 Å². The summed E-state index contributed by atoms with van der Waals surface area (Å²) in [6.45, 7) is -0.369. The Labute approximate surface area is 82.6 Å². The highest BCUT2D eigenvalue weighted by Gasteiger charge is 2.16. The number of carbonyl (C=O) groups excluding carboxylic acids is 1. The average molecular weight is 220 g/mol. The van der Waals surface area contributed by atoms with Crippen molar-refractivity contribution in [2.24, 2.45) is 4.99 Å². The molecule has 1 N–H and O–H groups in total. The Bertz CT molecular complexity index is 416. The highest BCUT2D eigenvalue weighted by molar-refractivity contribution is 6.32. The molecule has 1 rings (SSSR count). The van der Waals surface area contributed by atoms with Crippen LogP contribution in [-0.2, 0) is 11.3 Å². The van der Waals surface area contributed by atoms with Crippen LogP contribution in [0.4, 0.5) is 8.78 Å². The van der Waals surface area contributed by atoms with Gasteiger partial charge in [-0.2, -0.15) is 4.39 Å². The lowest BCUT2D eigenvalue weighted by molar-refractivity contribution is 0.404. The first-order valence-electron chi connectivity index (χ1n) is 3.47. The lowest BCUT2D eigenvalue weighted by atomic mass is 10.2. The second kappa shape index (κ2) is 4.17. The molecule has 74 valence electrons. The molecule has 0 aliphatic rings. The van der Waals surface area contributed by atoms with E-state index in [-0.39, 0.29) is 17.1 Å². The Morgan fingerprint density at radius 1 is 1.50 bits per heavy atom. The van der Waals surface area contributed by atoms with Crippen LogP contribution in [0.25, 0.3) is 0 Å². The first-order valence-corrected chi connectivity index (χ1v) is 3.84. The standard InChI is InChI=1S/C8H4ClF2NO2/c9-5-1-4(2-12-3-13)6(10)7(11)8(5)14/h1,14H,2H2. The van der Waals surface area contributed by atoms with Gasteiger partial charge >= 0.3 is 0 Å². The van der Waals surface area contributed by atoms with Crippen LogP contribution < -0.4 is 0 Å². The minimum absolute atomic E-state index is 0.214. The maximum absolute atomic E-state index is 13.0. The zero-order valence-electron chi connectivity index (χ0n) is 6.72. The number of benzene rings is 1. The number of halogens is 3. The Morgan fingerprint density at radius 2 is 2.14 bits per heavy atom. The number of isocyanates is 1. The van der Waals surface area contributed by atoms with Crippen LogP contribution in [0.5, 0.6) is 5.75 Å². The van der Waals surface area contributed by atoms with E-state index in [4.69, 9.17) is 16.7 Å². The average Bonchev–Trinajstić information content (AvgIpc) is 2.18. The Hall–Kier alpha value is -1.45. The van der Waals surface area contributed by atoms with Gasteiger partial charge in [-0.1, -0.05) is 11.6 Å². The van der Waals surface area contributed by atoms with Crippen molar-refractivity contribution in [3.8, 4) is 5.75 Å². The number of hydrogen-bond acceptors (Lipinski definition) is 3. The molecular weight excluding hydrogens is 216 g/mol. The third-order valence-electron chi connectivity index (χ3n) is 1.52. The van der Waals surface area contributed by atoms with E-state index < -0.39 is 17.4 Å². The highest BCUT2D eigenvalue weighted by atomic mass is 35.5. The van der Waals surface area contributed by atoms with Crippen LogP contribution in [0.3, 0.4) is 0 Å². The van der Waals surface area contributed by atoms with E-state index in [2.05, 4.69) is 4.99 Å². The number of aromatic hydroxyl groups is 1. The van der Waals surface area contributed by atoms with Crippen LogP contribution in [0.2, 0.25) is 5.02 Å². The number of aliphatic imine (C=N–C) groups is 1. The summed E-state index contributed by atoms with van der Waals surface area (Å²) in [4.78, 5) is 12.8. The molecule has 0 spiro atoms. The Morgan fingerprint density at radius 3 is 2.71 bits per heavy atom. The Kier molecular flexibility index (Phi) is 3.17. The zero-order valence-corrected chi connectivity index (χ0v) is 7.48. The van der Waals surface area contributed by atoms with Crippen molar-refractivity contribution in [3.63, 3.8) is 0 Å². The zero-order chi connectivity index (χ0) is 10.7. The van der Waals surface area contributed by atoms with Gasteiger partial charge in [0.25, 0.3) is 0 Å². The normalized spacial score (nSPS) is 9.64. The molecule has 0 aromatic heterocycles. The van der Waals surface area contributed by atoms with E-state index in [0.29, 0.717) is 0 Å². The van der Waals surface area contributed by atoms with Gasteiger partial charge in [0.2, 0.25) is 11.9 Å². The van der Waals surface area contributed by atoms with Crippen molar-refractivity contribution in [1.29, 1.82) is 0 Å². The second-order valence-electron chi connectivity index (χ2n) is 2.40. The van der Waals surface area contributed by atoms with E-state index in [0.717, 1.165) is 6.07 Å². The molecule has 0 radical (unpaired) electrons. The van der Waals surface area contributed by atoms with Crippen LogP contribution in [-0.4, -0.2) is 11.2 Å². The van der Waals surface area contributed by atoms with Crippen molar-refractivity contribution in [2.75, 3.05) is 0 Å². The minimum atomic E-state index is -1.45. The molecule has 0 fully saturated rings. The van der Waals surface area contributed by atoms with E-state index in [9.17, 15) is 13.6 Å². The summed E-state index contributed by atoms with van der Waals surface area (Å²) in [6.07, 6.45) is 1.18. The van der Waals surface area contributed by atoms with Gasteiger partial charge in [0, 0.05) is 5.56 Å². The van der Waals surface area contributed by atoms with Crippen molar-refractivity contribution in [3.05, 3.63) is 28.3 Å². The minimum Gasteiger partial charge on any atom is -0.504 e. The summed E-state index contributed by atoms with van der Waals surface area (Å²) in [5, 5.41) is 8.55. The fourth-order valence-corrected chi connectivity index (χ4v) is 1.08. The molecule has 0 aliphatic carbocycles. The molecule has 3 nitrogen and oxygen atoms in total. The summed E-state index contributed by atoms with van der Waals surface area (Å²) in [7, 11) is 0. The quantitative estimate of drug-likeness (QED) is 0.471. The molecule has 1 aromatic rings. The lowest BCUT2D eigenvalue weighted by Gasteiger charge is -2.03. The molecule has 0 saturated heterocycles. The van der Waals surface area contributed by atoms with Crippen LogP contribution >= 0.6 is 11.6 Å². The van der Waals surface area contributed by atoms with Gasteiger partial charge in [0.05, 0.1) is 11.6 Å². The van der Waals surface area contributed by atoms with Crippen LogP contribution in [0.1, 0.15) is 5.56 Å². The first kappa shape index (κ1) is 10.6. The topological polar surface area (TPSA) is 49.7 Å². The van der Waals surface area contributed by atoms with Gasteiger partial charge in [-0.25, -0.2) is 14.2 Å². The third kappa shape index (κ3) is 1.89. The van der Waals surface area contributed by atoms with Gasteiger partial charge < -0.3 is 5.11 Å². The molecule has 0 heterocycles. The van der Waals surface area contributed by atoms with Gasteiger partial charge in [-0.15, -0.1) is 0 Å². The molecule has 0 atom stereocenters. The SMILES string of the molecule is O=C=NCc1cc(Cl)c(O)c(F)c1F. The fraction of sp³-hybridized carbons (Fsp3) is 0.125. The predicted molar refractivity (Wildman–Crippen MR) is 44.9 cm³/mol. The predicted octanol–water partition coefficient (Wildman–Crippen LogP) is 2.16. The Balaban J connectivity index is 3.25. The highest BCUT2D eigenvalue weighted by Crippen LogP contribution is 2.30. The summed E-state index contributed by atoms with van der Waals surface area (Å²) < 4.78 is 25.8. The maximum Gasteiger partial charge on any atom is 0.235 e. The summed E-state index contributed by atoms with van der Waals surface area (Å²) in [6, 6.07) is 0.996. The molecule has 1 aromatic carbocycles. The molecular formula is C8H4ClF2NO2. The maximum atomic E-state index is 13.0. The number of nitrogens with zero attached hydrogens (tertiary/aromatic N) is 1. The third-order valence-corrected chi connectivity index (χ3v) is 1.81. The lowest BCUT2D eigenvalue weighted by Crippen LogP contribution is -1.94. The van der Waals surface area contributed by atoms with E-state index in [1.54, 1.807) is 0 Å². The largest absolute Gasteiger partial charge is 0.504 e. The van der Waals surface area contributed by atoms with E-state index in [1.165, 1.54) is 6.08 Å². The van der Waals surface area contributed by atoms with Crippen molar-refractivity contribution in [1.82, 2.24) is 0 Å². The number of hydrogen-bond donors (Lipinski definition) is 1. The molecule has 6 heteroatoms. The van der Waals surface area contributed by atoms with Crippen LogP contribution in [0, 0.1) is 11.6 Å². The van der Waals surface area contributed by atoms with Crippen molar-refractivity contribution < 1.29 is 18.7 Å². The van der Waals surface area contributed by atoms with E-state index in [1.807, 2.05) is 0 Å². The van der Waals surface area contributed by atoms with Crippen molar-refractivity contribution >= 4 is 17.7 Å². The van der Waals surface area contributed by atoms with Gasteiger partial charge in [-0.3, -0.25) is 0 Å². The number of phenolic OH excluding ortho intramolecular Hbond substituents is 1. The van der Waals surface area contributed by atoms with Gasteiger partial charge in [0.1, 0.15) is 0 Å². The summed E-state index contributed by atoms with van der Waals surface area (Å²) in [5.41, 5.74) is -0.214. The van der Waals surface area contributed by atoms with Gasteiger partial charge in [-0.05, 0) is 6.07 Å². The molecule has 0 unspecified atom stereocenters. The molecule has 0 saturated carbocycles. The number of phenols is 1. The molecule has 0 bridgehead atoms. The molecule has 0 amide bonds. The summed E-state index contributed by atoms with van der Waals surface area (Å²) in [5.74, 6) is -3.68. The summed E-state index contributed by atoms with van der Waals surface area (Å²) >= 11 is 5.37. The van der Waals surface area contributed by atoms with E-state index >= 15 is 0 Å². The monoisotopic (exact) mass is 219 g/mol. The molecule has 0 aliphatic heterocycles. The van der Waals surface area contributed by atoms with Crippen molar-refractivity contribution in [2.45, 2.75) is 6.54 Å².